The molecule has 0 radical (unpaired) electrons. The molecule has 1 fully saturated rings. The van der Waals surface area contributed by atoms with E-state index in [2.05, 4.69) is 5.32 Å². The van der Waals surface area contributed by atoms with Gasteiger partial charge in [-0.05, 0) is 50.4 Å². The Hall–Kier alpha value is -0.960. The van der Waals surface area contributed by atoms with Crippen LogP contribution in [0.1, 0.15) is 30.9 Å². The van der Waals surface area contributed by atoms with Gasteiger partial charge in [-0.25, -0.2) is 8.78 Å². The highest BCUT2D eigenvalue weighted by Gasteiger charge is 2.32. The summed E-state index contributed by atoms with van der Waals surface area (Å²) in [6, 6.07) is 2.38. The standard InChI is InChI=1S/C12H15F2N/c1-8-10(6-9(13)7-11(8)14)12(2)4-3-5-15-12/h6-7,15H,3-5H2,1-2H3. The number of hydrogen-bond acceptors (Lipinski definition) is 1. The first kappa shape index (κ1) is 10.6. The van der Waals surface area contributed by atoms with Gasteiger partial charge in [0.15, 0.2) is 0 Å². The van der Waals surface area contributed by atoms with Gasteiger partial charge in [0.25, 0.3) is 0 Å². The molecule has 1 aromatic rings. The Labute approximate surface area is 88.5 Å². The summed E-state index contributed by atoms with van der Waals surface area (Å²) in [6.07, 6.45) is 1.98. The largest absolute Gasteiger partial charge is 0.308 e. The fourth-order valence-electron chi connectivity index (χ4n) is 2.34. The minimum absolute atomic E-state index is 0.271. The van der Waals surface area contributed by atoms with Crippen molar-refractivity contribution in [1.82, 2.24) is 5.32 Å². The van der Waals surface area contributed by atoms with Crippen LogP contribution in [-0.2, 0) is 5.54 Å². The van der Waals surface area contributed by atoms with Crippen LogP contribution in [-0.4, -0.2) is 6.54 Å². The summed E-state index contributed by atoms with van der Waals surface area (Å²) >= 11 is 0. The van der Waals surface area contributed by atoms with Gasteiger partial charge >= 0.3 is 0 Å². The summed E-state index contributed by atoms with van der Waals surface area (Å²) in [5.41, 5.74) is 1.03. The van der Waals surface area contributed by atoms with Gasteiger partial charge in [-0.1, -0.05) is 0 Å². The highest BCUT2D eigenvalue weighted by atomic mass is 19.1. The smallest absolute Gasteiger partial charge is 0.129 e. The van der Waals surface area contributed by atoms with Crippen LogP contribution in [0.4, 0.5) is 8.78 Å². The molecular formula is C12H15F2N. The van der Waals surface area contributed by atoms with E-state index < -0.39 is 11.6 Å². The molecule has 0 saturated carbocycles. The Morgan fingerprint density at radius 2 is 2.07 bits per heavy atom. The van der Waals surface area contributed by atoms with E-state index in [9.17, 15) is 8.78 Å². The maximum atomic E-state index is 13.4. The van der Waals surface area contributed by atoms with Crippen molar-refractivity contribution in [2.75, 3.05) is 6.54 Å². The Kier molecular flexibility index (Phi) is 2.51. The number of nitrogens with one attached hydrogen (secondary N) is 1. The molecule has 1 aliphatic rings. The molecule has 0 aromatic heterocycles. The van der Waals surface area contributed by atoms with Crippen LogP contribution >= 0.6 is 0 Å². The molecule has 0 amide bonds. The Morgan fingerprint density at radius 3 is 2.67 bits per heavy atom. The highest BCUT2D eigenvalue weighted by Crippen LogP contribution is 2.33. The molecule has 1 aromatic carbocycles. The second-order valence-corrected chi connectivity index (χ2v) is 4.42. The van der Waals surface area contributed by atoms with Gasteiger partial charge in [0, 0.05) is 11.6 Å². The van der Waals surface area contributed by atoms with Crippen molar-refractivity contribution in [2.24, 2.45) is 0 Å². The lowest BCUT2D eigenvalue weighted by Gasteiger charge is -2.27. The van der Waals surface area contributed by atoms with Crippen molar-refractivity contribution >= 4 is 0 Å². The minimum atomic E-state index is -0.497. The summed E-state index contributed by atoms with van der Waals surface area (Å²) < 4.78 is 26.6. The molecule has 1 heterocycles. The predicted octanol–water partition coefficient (Wildman–Crippen LogP) is 2.87. The molecule has 1 atom stereocenters. The maximum absolute atomic E-state index is 13.4. The van der Waals surface area contributed by atoms with E-state index in [0.29, 0.717) is 5.56 Å². The first-order valence-corrected chi connectivity index (χ1v) is 5.24. The summed E-state index contributed by atoms with van der Waals surface area (Å²) in [7, 11) is 0. The Bertz CT molecular complexity index is 381. The molecule has 1 unspecified atom stereocenters. The van der Waals surface area contributed by atoms with E-state index in [-0.39, 0.29) is 5.54 Å². The Balaban J connectivity index is 2.51. The summed E-state index contributed by atoms with van der Waals surface area (Å²) in [5.74, 6) is -0.956. The molecule has 82 valence electrons. The Morgan fingerprint density at radius 1 is 1.33 bits per heavy atom. The van der Waals surface area contributed by atoms with Gasteiger partial charge in [-0.3, -0.25) is 0 Å². The molecule has 15 heavy (non-hydrogen) atoms. The average Bonchev–Trinajstić information content (AvgIpc) is 2.59. The molecule has 2 rings (SSSR count). The van der Waals surface area contributed by atoms with Crippen molar-refractivity contribution in [1.29, 1.82) is 0 Å². The van der Waals surface area contributed by atoms with Crippen LogP contribution in [0, 0.1) is 18.6 Å². The lowest BCUT2D eigenvalue weighted by Crippen LogP contribution is -2.34. The molecule has 0 bridgehead atoms. The second-order valence-electron chi connectivity index (χ2n) is 4.42. The zero-order valence-corrected chi connectivity index (χ0v) is 9.03. The zero-order valence-electron chi connectivity index (χ0n) is 9.03. The average molecular weight is 211 g/mol. The third kappa shape index (κ3) is 1.76. The van der Waals surface area contributed by atoms with Crippen molar-refractivity contribution in [3.8, 4) is 0 Å². The van der Waals surface area contributed by atoms with Gasteiger partial charge in [-0.2, -0.15) is 0 Å². The molecule has 1 nitrogen and oxygen atoms in total. The topological polar surface area (TPSA) is 12.0 Å². The number of hydrogen-bond donors (Lipinski definition) is 1. The van der Waals surface area contributed by atoms with Gasteiger partial charge in [0.2, 0.25) is 0 Å². The minimum Gasteiger partial charge on any atom is -0.308 e. The van der Waals surface area contributed by atoms with E-state index in [0.717, 1.165) is 31.0 Å². The summed E-state index contributed by atoms with van der Waals surface area (Å²) in [4.78, 5) is 0. The van der Waals surface area contributed by atoms with E-state index in [1.807, 2.05) is 6.92 Å². The first-order chi connectivity index (χ1) is 7.03. The normalized spacial score (nSPS) is 25.9. The first-order valence-electron chi connectivity index (χ1n) is 5.24. The van der Waals surface area contributed by atoms with E-state index >= 15 is 0 Å². The quantitative estimate of drug-likeness (QED) is 0.753. The number of benzene rings is 1. The monoisotopic (exact) mass is 211 g/mol. The van der Waals surface area contributed by atoms with Gasteiger partial charge in [0.1, 0.15) is 11.6 Å². The fraction of sp³-hybridized carbons (Fsp3) is 0.500. The zero-order chi connectivity index (χ0) is 11.1. The van der Waals surface area contributed by atoms with Crippen molar-refractivity contribution < 1.29 is 8.78 Å². The molecule has 1 N–H and O–H groups in total. The summed E-state index contributed by atoms with van der Waals surface area (Å²) in [6.45, 7) is 4.62. The molecule has 3 heteroatoms. The molecule has 0 aliphatic carbocycles. The van der Waals surface area contributed by atoms with Crippen LogP contribution in [0.25, 0.3) is 0 Å². The lowest BCUT2D eigenvalue weighted by molar-refractivity contribution is 0.424. The third-order valence-electron chi connectivity index (χ3n) is 3.27. The van der Waals surface area contributed by atoms with Crippen molar-refractivity contribution in [3.63, 3.8) is 0 Å². The fourth-order valence-corrected chi connectivity index (χ4v) is 2.34. The van der Waals surface area contributed by atoms with Crippen LogP contribution in [0.5, 0.6) is 0 Å². The maximum Gasteiger partial charge on any atom is 0.129 e. The SMILES string of the molecule is Cc1c(F)cc(F)cc1C1(C)CCCN1. The van der Waals surface area contributed by atoms with Crippen LogP contribution in [0.3, 0.4) is 0 Å². The van der Waals surface area contributed by atoms with Gasteiger partial charge < -0.3 is 5.32 Å². The van der Waals surface area contributed by atoms with E-state index in [1.54, 1.807) is 6.92 Å². The van der Waals surface area contributed by atoms with E-state index in [4.69, 9.17) is 0 Å². The number of halogens is 2. The van der Waals surface area contributed by atoms with Crippen LogP contribution in [0.2, 0.25) is 0 Å². The molecular weight excluding hydrogens is 196 g/mol. The highest BCUT2D eigenvalue weighted by molar-refractivity contribution is 5.34. The van der Waals surface area contributed by atoms with E-state index in [1.165, 1.54) is 6.07 Å². The molecule has 0 spiro atoms. The molecule has 1 saturated heterocycles. The third-order valence-corrected chi connectivity index (χ3v) is 3.27. The van der Waals surface area contributed by atoms with Crippen LogP contribution < -0.4 is 5.32 Å². The summed E-state index contributed by atoms with van der Waals surface area (Å²) in [5, 5.41) is 3.31. The second kappa shape index (κ2) is 3.56. The van der Waals surface area contributed by atoms with Crippen molar-refractivity contribution in [3.05, 3.63) is 34.9 Å². The van der Waals surface area contributed by atoms with Gasteiger partial charge in [0.05, 0.1) is 0 Å². The van der Waals surface area contributed by atoms with Gasteiger partial charge in [-0.15, -0.1) is 0 Å². The lowest BCUT2D eigenvalue weighted by atomic mass is 9.87. The predicted molar refractivity (Wildman–Crippen MR) is 55.7 cm³/mol. The van der Waals surface area contributed by atoms with Crippen molar-refractivity contribution in [2.45, 2.75) is 32.2 Å². The van der Waals surface area contributed by atoms with Crippen LogP contribution in [0.15, 0.2) is 12.1 Å². The molecule has 1 aliphatic heterocycles. The number of rotatable bonds is 1.